The first-order chi connectivity index (χ1) is 9.45. The molecular formula is C14H15BO2S2. The summed E-state index contributed by atoms with van der Waals surface area (Å²) in [6.45, 7) is 0. The van der Waals surface area contributed by atoms with E-state index in [0.717, 1.165) is 0 Å². The molecule has 0 fully saturated rings. The maximum absolute atomic E-state index is 5.40. The molecule has 5 heteroatoms. The fraction of sp³-hybridized carbons (Fsp3) is 0.143. The second-order valence-corrected chi connectivity index (χ2v) is 5.67. The Kier molecular flexibility index (Phi) is 6.96. The topological polar surface area (TPSA) is 18.5 Å². The van der Waals surface area contributed by atoms with Crippen molar-refractivity contribution in [1.29, 1.82) is 0 Å². The van der Waals surface area contributed by atoms with E-state index >= 15 is 0 Å². The van der Waals surface area contributed by atoms with Crippen molar-refractivity contribution in [1.82, 2.24) is 0 Å². The summed E-state index contributed by atoms with van der Waals surface area (Å²) in [7, 11) is 0.333. The van der Waals surface area contributed by atoms with E-state index < -0.39 is 0 Å². The maximum Gasteiger partial charge on any atom is 0.439 e. The monoisotopic (exact) mass is 290 g/mol. The van der Waals surface area contributed by atoms with E-state index in [1.54, 1.807) is 23.5 Å². The van der Waals surface area contributed by atoms with Gasteiger partial charge in [0.05, 0.1) is 11.9 Å². The number of benzene rings is 2. The minimum atomic E-state index is 0.333. The Morgan fingerprint density at radius 2 is 1.11 bits per heavy atom. The van der Waals surface area contributed by atoms with Crippen LogP contribution in [0, 0.1) is 0 Å². The van der Waals surface area contributed by atoms with Crippen LogP contribution in [-0.4, -0.2) is 19.6 Å². The molecular weight excluding hydrogens is 275 g/mol. The molecule has 98 valence electrons. The predicted octanol–water partition coefficient (Wildman–Crippen LogP) is 3.79. The van der Waals surface area contributed by atoms with Crippen LogP contribution in [0.15, 0.2) is 70.5 Å². The third-order valence-electron chi connectivity index (χ3n) is 2.27. The standard InChI is InChI=1S/C14H15BO2S2/c1-3-7-13(8-4-1)18-11-16-15-17-12-19-14-9-5-2-6-10-14/h1-10,15H,11-12H2. The van der Waals surface area contributed by atoms with E-state index in [2.05, 4.69) is 24.3 Å². The van der Waals surface area contributed by atoms with Crippen molar-refractivity contribution in [3.05, 3.63) is 60.7 Å². The lowest BCUT2D eigenvalue weighted by Crippen LogP contribution is -2.03. The molecule has 0 radical (unpaired) electrons. The summed E-state index contributed by atoms with van der Waals surface area (Å²) in [6, 6.07) is 20.4. The SMILES string of the molecule is B(OCSc1ccccc1)OCSc1ccccc1. The second-order valence-electron chi connectivity index (χ2n) is 3.68. The van der Waals surface area contributed by atoms with E-state index in [0.29, 0.717) is 19.6 Å². The fourth-order valence-corrected chi connectivity index (χ4v) is 2.65. The summed E-state index contributed by atoms with van der Waals surface area (Å²) in [6.07, 6.45) is 0. The average Bonchev–Trinajstić information content (AvgIpc) is 2.48. The summed E-state index contributed by atoms with van der Waals surface area (Å²) in [5.41, 5.74) is 0. The molecule has 0 aliphatic carbocycles. The summed E-state index contributed by atoms with van der Waals surface area (Å²) >= 11 is 3.33. The van der Waals surface area contributed by atoms with Crippen molar-refractivity contribution < 1.29 is 9.31 Å². The third-order valence-corrected chi connectivity index (χ3v) is 4.05. The van der Waals surface area contributed by atoms with Gasteiger partial charge in [0.15, 0.2) is 0 Å². The molecule has 0 saturated carbocycles. The van der Waals surface area contributed by atoms with Crippen molar-refractivity contribution >= 4 is 31.2 Å². The van der Waals surface area contributed by atoms with Crippen LogP contribution in [0.1, 0.15) is 0 Å². The van der Waals surface area contributed by atoms with E-state index in [1.807, 2.05) is 36.4 Å². The van der Waals surface area contributed by atoms with Gasteiger partial charge in [-0.05, 0) is 24.3 Å². The lowest BCUT2D eigenvalue weighted by atomic mass is 10.4. The summed E-state index contributed by atoms with van der Waals surface area (Å²) < 4.78 is 10.8. The number of thioether (sulfide) groups is 2. The highest BCUT2D eigenvalue weighted by Gasteiger charge is 1.96. The van der Waals surface area contributed by atoms with Gasteiger partial charge in [0.2, 0.25) is 0 Å². The lowest BCUT2D eigenvalue weighted by molar-refractivity contribution is 0.288. The van der Waals surface area contributed by atoms with Gasteiger partial charge in [0.1, 0.15) is 0 Å². The van der Waals surface area contributed by atoms with Gasteiger partial charge in [-0.2, -0.15) is 0 Å². The van der Waals surface area contributed by atoms with Gasteiger partial charge in [0.25, 0.3) is 0 Å². The van der Waals surface area contributed by atoms with E-state index in [1.165, 1.54) is 9.79 Å². The Hall–Kier alpha value is -0.875. The molecule has 0 amide bonds. The van der Waals surface area contributed by atoms with E-state index in [9.17, 15) is 0 Å². The molecule has 0 aliphatic heterocycles. The van der Waals surface area contributed by atoms with Crippen LogP contribution < -0.4 is 0 Å². The minimum absolute atomic E-state index is 0.333. The molecule has 0 atom stereocenters. The predicted molar refractivity (Wildman–Crippen MR) is 83.7 cm³/mol. The molecule has 0 aliphatic rings. The average molecular weight is 290 g/mol. The van der Waals surface area contributed by atoms with Gasteiger partial charge < -0.3 is 9.31 Å². The van der Waals surface area contributed by atoms with Crippen LogP contribution in [0.2, 0.25) is 0 Å². The molecule has 0 spiro atoms. The molecule has 0 aromatic heterocycles. The molecule has 0 saturated heterocycles. The first kappa shape index (κ1) is 14.5. The Morgan fingerprint density at radius 3 is 1.53 bits per heavy atom. The number of rotatable bonds is 8. The van der Waals surface area contributed by atoms with Crippen LogP contribution in [-0.2, 0) is 9.31 Å². The highest BCUT2D eigenvalue weighted by atomic mass is 32.2. The Balaban J connectivity index is 1.49. The first-order valence-corrected chi connectivity index (χ1v) is 7.93. The molecule has 19 heavy (non-hydrogen) atoms. The van der Waals surface area contributed by atoms with Crippen molar-refractivity contribution in [2.45, 2.75) is 9.79 Å². The van der Waals surface area contributed by atoms with E-state index in [4.69, 9.17) is 9.31 Å². The summed E-state index contributed by atoms with van der Waals surface area (Å²) in [5, 5.41) is 0. The van der Waals surface area contributed by atoms with Gasteiger partial charge >= 0.3 is 7.69 Å². The summed E-state index contributed by atoms with van der Waals surface area (Å²) in [5.74, 6) is 1.22. The highest BCUT2D eigenvalue weighted by molar-refractivity contribution is 7.99. The molecule has 2 aromatic rings. The lowest BCUT2D eigenvalue weighted by Gasteiger charge is -2.04. The number of hydrogen-bond donors (Lipinski definition) is 0. The molecule has 2 aromatic carbocycles. The van der Waals surface area contributed by atoms with Crippen LogP contribution in [0.25, 0.3) is 0 Å². The Labute approximate surface area is 123 Å². The quantitative estimate of drug-likeness (QED) is 0.318. The van der Waals surface area contributed by atoms with Crippen molar-refractivity contribution in [3.8, 4) is 0 Å². The van der Waals surface area contributed by atoms with Crippen LogP contribution in [0.5, 0.6) is 0 Å². The van der Waals surface area contributed by atoms with Gasteiger partial charge in [-0.15, -0.1) is 0 Å². The van der Waals surface area contributed by atoms with E-state index in [-0.39, 0.29) is 0 Å². The van der Waals surface area contributed by atoms with Gasteiger partial charge in [0, 0.05) is 9.79 Å². The van der Waals surface area contributed by atoms with Crippen molar-refractivity contribution in [2.75, 3.05) is 11.9 Å². The Bertz CT molecular complexity index is 410. The smallest absolute Gasteiger partial charge is 0.404 e. The summed E-state index contributed by atoms with van der Waals surface area (Å²) in [4.78, 5) is 2.42. The van der Waals surface area contributed by atoms with Crippen LogP contribution >= 0.6 is 23.5 Å². The Morgan fingerprint density at radius 1 is 0.684 bits per heavy atom. The van der Waals surface area contributed by atoms with Gasteiger partial charge in [-0.25, -0.2) is 0 Å². The zero-order chi connectivity index (χ0) is 13.2. The van der Waals surface area contributed by atoms with Gasteiger partial charge in [-0.3, -0.25) is 0 Å². The molecule has 0 N–H and O–H groups in total. The highest BCUT2D eigenvalue weighted by Crippen LogP contribution is 2.18. The third kappa shape index (κ3) is 6.21. The molecule has 0 heterocycles. The largest absolute Gasteiger partial charge is 0.439 e. The van der Waals surface area contributed by atoms with Crippen LogP contribution in [0.3, 0.4) is 0 Å². The maximum atomic E-state index is 5.40. The van der Waals surface area contributed by atoms with Crippen LogP contribution in [0.4, 0.5) is 0 Å². The molecule has 2 rings (SSSR count). The molecule has 2 nitrogen and oxygen atoms in total. The normalized spacial score (nSPS) is 10.3. The zero-order valence-electron chi connectivity index (χ0n) is 10.5. The molecule has 0 unspecified atom stereocenters. The van der Waals surface area contributed by atoms with Crippen molar-refractivity contribution in [3.63, 3.8) is 0 Å². The number of hydrogen-bond acceptors (Lipinski definition) is 4. The minimum Gasteiger partial charge on any atom is -0.404 e. The first-order valence-electron chi connectivity index (χ1n) is 5.96. The fourth-order valence-electron chi connectivity index (χ4n) is 1.38. The van der Waals surface area contributed by atoms with Gasteiger partial charge in [-0.1, -0.05) is 59.9 Å². The zero-order valence-corrected chi connectivity index (χ0v) is 12.2. The van der Waals surface area contributed by atoms with Crippen molar-refractivity contribution in [2.24, 2.45) is 0 Å². The second kappa shape index (κ2) is 9.10. The molecule has 0 bridgehead atoms.